The van der Waals surface area contributed by atoms with Gasteiger partial charge in [0.05, 0.1) is 6.10 Å². The Balaban J connectivity index is 1.43. The van der Waals surface area contributed by atoms with Gasteiger partial charge in [-0.05, 0) is 43.2 Å². The maximum atomic E-state index is 12.8. The van der Waals surface area contributed by atoms with Gasteiger partial charge in [0.1, 0.15) is 12.0 Å². The molecule has 3 aromatic rings. The summed E-state index contributed by atoms with van der Waals surface area (Å²) in [5.41, 5.74) is 2.33. The van der Waals surface area contributed by atoms with Gasteiger partial charge in [-0.3, -0.25) is 14.6 Å². The van der Waals surface area contributed by atoms with Gasteiger partial charge in [-0.15, -0.1) is 10.2 Å². The number of thioether (sulfide) groups is 1. The van der Waals surface area contributed by atoms with Crippen LogP contribution >= 0.6 is 11.8 Å². The molecule has 1 aliphatic rings. The van der Waals surface area contributed by atoms with Crippen LogP contribution in [0.2, 0.25) is 0 Å². The predicted molar refractivity (Wildman–Crippen MR) is 125 cm³/mol. The maximum absolute atomic E-state index is 12.8. The van der Waals surface area contributed by atoms with Gasteiger partial charge in [-0.1, -0.05) is 23.9 Å². The van der Waals surface area contributed by atoms with Gasteiger partial charge in [-0.2, -0.15) is 0 Å². The lowest BCUT2D eigenvalue weighted by atomic mass is 10.1. The first-order chi connectivity index (χ1) is 15.9. The average Bonchev–Trinajstić information content (AvgIpc) is 3.48. The van der Waals surface area contributed by atoms with Crippen molar-refractivity contribution in [2.24, 2.45) is 7.05 Å². The summed E-state index contributed by atoms with van der Waals surface area (Å²) >= 11 is 1.59. The summed E-state index contributed by atoms with van der Waals surface area (Å²) in [6.07, 6.45) is 4.02. The Bertz CT molecular complexity index is 1150. The first kappa shape index (κ1) is 22.9. The molecule has 2 atom stereocenters. The van der Waals surface area contributed by atoms with Crippen LogP contribution in [-0.2, 0) is 11.8 Å². The Hall–Kier alpha value is -3.24. The van der Waals surface area contributed by atoms with Crippen molar-refractivity contribution in [3.8, 4) is 0 Å². The molecule has 33 heavy (non-hydrogen) atoms. The summed E-state index contributed by atoms with van der Waals surface area (Å²) in [5.74, 6) is -0.491. The lowest BCUT2D eigenvalue weighted by Crippen LogP contribution is -2.30. The second-order valence-electron chi connectivity index (χ2n) is 7.89. The third-order valence-electron chi connectivity index (χ3n) is 5.57. The number of aryl methyl sites for hydroxylation is 1. The Morgan fingerprint density at radius 1 is 1.27 bits per heavy atom. The molecule has 0 spiro atoms. The highest BCUT2D eigenvalue weighted by Gasteiger charge is 2.27. The number of aromatic nitrogens is 4. The highest BCUT2D eigenvalue weighted by molar-refractivity contribution is 7.99. The van der Waals surface area contributed by atoms with Crippen molar-refractivity contribution in [3.63, 3.8) is 0 Å². The molecule has 172 valence electrons. The molecule has 4 rings (SSSR count). The number of benzene rings is 1. The summed E-state index contributed by atoms with van der Waals surface area (Å²) in [7, 11) is 3.55. The number of likely N-dealkylation sites (tertiary alicyclic amines) is 1. The third kappa shape index (κ3) is 5.40. The van der Waals surface area contributed by atoms with Crippen LogP contribution in [0.15, 0.2) is 54.1 Å². The first-order valence-corrected chi connectivity index (χ1v) is 11.5. The number of anilines is 1. The van der Waals surface area contributed by atoms with Gasteiger partial charge < -0.3 is 19.5 Å². The molecule has 2 aromatic heterocycles. The van der Waals surface area contributed by atoms with Gasteiger partial charge in [-0.25, -0.2) is 0 Å². The molecule has 10 heteroatoms. The van der Waals surface area contributed by atoms with E-state index in [2.05, 4.69) is 27.4 Å². The SMILES string of the molecule is CO[C@@H]1CCN(C(=O)c2ccnc(C(=O)Nc3cccc(C(C)Sc4nncn4C)c3)c2)C1. The van der Waals surface area contributed by atoms with E-state index in [-0.39, 0.29) is 28.9 Å². The van der Waals surface area contributed by atoms with E-state index in [4.69, 9.17) is 4.74 Å². The van der Waals surface area contributed by atoms with Crippen LogP contribution in [0.5, 0.6) is 0 Å². The largest absolute Gasteiger partial charge is 0.380 e. The Morgan fingerprint density at radius 2 is 2.12 bits per heavy atom. The highest BCUT2D eigenvalue weighted by atomic mass is 32.2. The number of nitrogens with zero attached hydrogens (tertiary/aromatic N) is 5. The molecule has 0 radical (unpaired) electrons. The van der Waals surface area contributed by atoms with Gasteiger partial charge in [0.2, 0.25) is 0 Å². The molecule has 0 aliphatic carbocycles. The summed E-state index contributed by atoms with van der Waals surface area (Å²) < 4.78 is 7.20. The van der Waals surface area contributed by atoms with E-state index in [1.165, 1.54) is 12.3 Å². The van der Waals surface area contributed by atoms with Crippen LogP contribution in [-0.4, -0.2) is 62.8 Å². The second-order valence-corrected chi connectivity index (χ2v) is 9.20. The fourth-order valence-electron chi connectivity index (χ4n) is 3.65. The number of hydrogen-bond acceptors (Lipinski definition) is 7. The molecule has 1 unspecified atom stereocenters. The van der Waals surface area contributed by atoms with Crippen LogP contribution in [0.25, 0.3) is 0 Å². The Morgan fingerprint density at radius 3 is 2.85 bits per heavy atom. The van der Waals surface area contributed by atoms with E-state index < -0.39 is 0 Å². The fourth-order valence-corrected chi connectivity index (χ4v) is 4.55. The average molecular weight is 467 g/mol. The molecule has 1 aromatic carbocycles. The van der Waals surface area contributed by atoms with E-state index in [1.54, 1.807) is 36.2 Å². The predicted octanol–water partition coefficient (Wildman–Crippen LogP) is 3.18. The van der Waals surface area contributed by atoms with Crippen LogP contribution < -0.4 is 5.32 Å². The highest BCUT2D eigenvalue weighted by Crippen LogP contribution is 2.34. The fraction of sp³-hybridized carbons (Fsp3) is 0.348. The molecule has 0 bridgehead atoms. The van der Waals surface area contributed by atoms with Crippen LogP contribution in [0, 0.1) is 0 Å². The van der Waals surface area contributed by atoms with Crippen molar-refractivity contribution in [3.05, 3.63) is 65.7 Å². The van der Waals surface area contributed by atoms with Gasteiger partial charge >= 0.3 is 0 Å². The number of carbonyl (C=O) groups is 2. The normalized spacial score (nSPS) is 16.6. The van der Waals surface area contributed by atoms with Crippen molar-refractivity contribution in [1.82, 2.24) is 24.6 Å². The minimum Gasteiger partial charge on any atom is -0.380 e. The minimum absolute atomic E-state index is 0.0556. The van der Waals surface area contributed by atoms with Crippen LogP contribution in [0.4, 0.5) is 5.69 Å². The summed E-state index contributed by atoms with van der Waals surface area (Å²) in [6.45, 7) is 3.26. The van der Waals surface area contributed by atoms with E-state index >= 15 is 0 Å². The first-order valence-electron chi connectivity index (χ1n) is 10.6. The number of amides is 2. The third-order valence-corrected chi connectivity index (χ3v) is 6.78. The van der Waals surface area contributed by atoms with Crippen molar-refractivity contribution in [1.29, 1.82) is 0 Å². The zero-order valence-electron chi connectivity index (χ0n) is 18.8. The number of pyridine rings is 1. The van der Waals surface area contributed by atoms with Crippen molar-refractivity contribution in [2.75, 3.05) is 25.5 Å². The quantitative estimate of drug-likeness (QED) is 0.534. The summed E-state index contributed by atoms with van der Waals surface area (Å²) in [5, 5.41) is 11.8. The van der Waals surface area contributed by atoms with E-state index in [0.29, 0.717) is 24.3 Å². The molecule has 0 saturated carbocycles. The number of ether oxygens (including phenoxy) is 1. The molecule has 1 aliphatic heterocycles. The van der Waals surface area contributed by atoms with Gasteiger partial charge in [0.15, 0.2) is 5.16 Å². The monoisotopic (exact) mass is 466 g/mol. The molecule has 1 fully saturated rings. The molecular weight excluding hydrogens is 440 g/mol. The van der Waals surface area contributed by atoms with Crippen molar-refractivity contribution in [2.45, 2.75) is 29.9 Å². The lowest BCUT2D eigenvalue weighted by Gasteiger charge is -2.16. The summed E-state index contributed by atoms with van der Waals surface area (Å²) in [4.78, 5) is 31.6. The van der Waals surface area contributed by atoms with E-state index in [1.807, 2.05) is 35.9 Å². The Labute approximate surface area is 196 Å². The van der Waals surface area contributed by atoms with Crippen molar-refractivity contribution < 1.29 is 14.3 Å². The standard InChI is InChI=1S/C23H26N6O3S/c1-15(33-23-27-25-14-28(23)2)16-5-4-6-18(11-16)26-21(30)20-12-17(7-9-24-20)22(31)29-10-8-19(13-29)32-3/h4-7,9,11-12,14-15,19H,8,10,13H2,1-3H3,(H,26,30)/t15?,19-/m1/s1. The lowest BCUT2D eigenvalue weighted by molar-refractivity contribution is 0.0724. The minimum atomic E-state index is -0.369. The number of methoxy groups -OCH3 is 1. The number of nitrogens with one attached hydrogen (secondary N) is 1. The Kier molecular flexibility index (Phi) is 7.05. The smallest absolute Gasteiger partial charge is 0.274 e. The number of carbonyl (C=O) groups excluding carboxylic acids is 2. The number of rotatable bonds is 7. The molecule has 2 amide bonds. The zero-order chi connectivity index (χ0) is 23.4. The van der Waals surface area contributed by atoms with Gasteiger partial charge in [0, 0.05) is 49.9 Å². The van der Waals surface area contributed by atoms with E-state index in [0.717, 1.165) is 17.1 Å². The van der Waals surface area contributed by atoms with Crippen LogP contribution in [0.3, 0.4) is 0 Å². The summed E-state index contributed by atoms with van der Waals surface area (Å²) in [6, 6.07) is 10.8. The molecular formula is C23H26N6O3S. The van der Waals surface area contributed by atoms with Crippen molar-refractivity contribution >= 4 is 29.3 Å². The molecule has 1 N–H and O–H groups in total. The van der Waals surface area contributed by atoms with Crippen LogP contribution in [0.1, 0.15) is 45.0 Å². The molecule has 9 nitrogen and oxygen atoms in total. The van der Waals surface area contributed by atoms with E-state index in [9.17, 15) is 9.59 Å². The number of hydrogen-bond donors (Lipinski definition) is 1. The maximum Gasteiger partial charge on any atom is 0.274 e. The van der Waals surface area contributed by atoms with Gasteiger partial charge in [0.25, 0.3) is 11.8 Å². The molecule has 1 saturated heterocycles. The zero-order valence-corrected chi connectivity index (χ0v) is 19.6. The topological polar surface area (TPSA) is 102 Å². The second kappa shape index (κ2) is 10.1. The molecule has 3 heterocycles.